The number of fused-ring (bicyclic) bond motifs is 3. The van der Waals surface area contributed by atoms with Gasteiger partial charge in [-0.1, -0.05) is 55.3 Å². The zero-order valence-corrected chi connectivity index (χ0v) is 20.5. The van der Waals surface area contributed by atoms with E-state index in [0.29, 0.717) is 5.56 Å². The molecule has 2 aromatic carbocycles. The summed E-state index contributed by atoms with van der Waals surface area (Å²) in [5.41, 5.74) is 8.62. The Morgan fingerprint density at radius 2 is 1.71 bits per heavy atom. The van der Waals surface area contributed by atoms with Crippen LogP contribution < -0.4 is 4.90 Å². The molecular weight excluding hydrogens is 418 g/mol. The van der Waals surface area contributed by atoms with Crippen LogP contribution >= 0.6 is 0 Å². The quantitative estimate of drug-likeness (QED) is 0.381. The van der Waals surface area contributed by atoms with Crippen molar-refractivity contribution in [2.24, 2.45) is 0 Å². The van der Waals surface area contributed by atoms with Gasteiger partial charge >= 0.3 is 0 Å². The first-order valence-corrected chi connectivity index (χ1v) is 12.5. The lowest BCUT2D eigenvalue weighted by Gasteiger charge is -2.38. The second-order valence-corrected chi connectivity index (χ2v) is 9.53. The van der Waals surface area contributed by atoms with E-state index in [0.717, 1.165) is 74.2 Å². The predicted molar refractivity (Wildman–Crippen MR) is 139 cm³/mol. The number of rotatable bonds is 6. The van der Waals surface area contributed by atoms with Gasteiger partial charge in [0.05, 0.1) is 16.6 Å². The number of pyridine rings is 1. The summed E-state index contributed by atoms with van der Waals surface area (Å²) in [5.74, 6) is 1.24. The molecule has 1 aliphatic rings. The lowest BCUT2D eigenvalue weighted by molar-refractivity contribution is 0.249. The van der Waals surface area contributed by atoms with Gasteiger partial charge in [0, 0.05) is 32.7 Å². The minimum absolute atomic E-state index is 0.712. The Labute approximate surface area is 202 Å². The average molecular weight is 452 g/mol. The average Bonchev–Trinajstić information content (AvgIpc) is 3.23. The van der Waals surface area contributed by atoms with Gasteiger partial charge in [0.15, 0.2) is 5.65 Å². The van der Waals surface area contributed by atoms with Crippen molar-refractivity contribution in [3.63, 3.8) is 0 Å². The number of piperazine rings is 1. The van der Waals surface area contributed by atoms with Crippen molar-refractivity contribution in [1.29, 1.82) is 5.26 Å². The lowest BCUT2D eigenvalue weighted by atomic mass is 9.99. The monoisotopic (exact) mass is 451 g/mol. The van der Waals surface area contributed by atoms with Crippen molar-refractivity contribution in [1.82, 2.24) is 14.3 Å². The number of aryl methyl sites for hydroxylation is 1. The van der Waals surface area contributed by atoms with Crippen molar-refractivity contribution >= 4 is 22.5 Å². The molecule has 34 heavy (non-hydrogen) atoms. The Bertz CT molecular complexity index is 1350. The third-order valence-electron chi connectivity index (χ3n) is 7.18. The summed E-state index contributed by atoms with van der Waals surface area (Å²) in [7, 11) is 0. The number of hydrogen-bond acceptors (Lipinski definition) is 4. The minimum atomic E-state index is 0.712. The van der Waals surface area contributed by atoms with Gasteiger partial charge in [-0.15, -0.1) is 0 Å². The fourth-order valence-corrected chi connectivity index (χ4v) is 5.22. The molecule has 0 amide bonds. The van der Waals surface area contributed by atoms with Gasteiger partial charge in [0.2, 0.25) is 0 Å². The number of nitrogens with zero attached hydrogens (tertiary/aromatic N) is 5. The summed E-state index contributed by atoms with van der Waals surface area (Å²) in [5, 5.41) is 10.1. The molecule has 5 nitrogen and oxygen atoms in total. The Hall–Kier alpha value is -3.36. The van der Waals surface area contributed by atoms with Gasteiger partial charge in [-0.05, 0) is 55.5 Å². The van der Waals surface area contributed by atoms with Crippen LogP contribution in [0.15, 0.2) is 48.5 Å². The normalized spacial score (nSPS) is 14.7. The number of para-hydroxylation sites is 2. The van der Waals surface area contributed by atoms with Crippen molar-refractivity contribution in [3.05, 3.63) is 76.3 Å². The maximum Gasteiger partial charge on any atom is 0.157 e. The third kappa shape index (κ3) is 4.03. The van der Waals surface area contributed by atoms with Crippen molar-refractivity contribution < 1.29 is 0 Å². The Balaban J connectivity index is 1.54. The fourth-order valence-electron chi connectivity index (χ4n) is 5.22. The van der Waals surface area contributed by atoms with Crippen molar-refractivity contribution in [2.75, 3.05) is 31.1 Å². The van der Waals surface area contributed by atoms with E-state index < -0.39 is 0 Å². The van der Waals surface area contributed by atoms with Gasteiger partial charge in [-0.3, -0.25) is 9.30 Å². The third-order valence-corrected chi connectivity index (χ3v) is 7.18. The molecule has 0 radical (unpaired) electrons. The van der Waals surface area contributed by atoms with Gasteiger partial charge in [0.1, 0.15) is 11.9 Å². The summed E-state index contributed by atoms with van der Waals surface area (Å²) in [6.45, 7) is 11.5. The molecule has 0 N–H and O–H groups in total. The maximum absolute atomic E-state index is 10.1. The molecule has 1 fully saturated rings. The van der Waals surface area contributed by atoms with E-state index in [9.17, 15) is 5.26 Å². The molecule has 0 bridgehead atoms. The van der Waals surface area contributed by atoms with Crippen LogP contribution in [-0.2, 0) is 13.0 Å². The van der Waals surface area contributed by atoms with E-state index in [1.54, 1.807) is 0 Å². The van der Waals surface area contributed by atoms with Crippen molar-refractivity contribution in [2.45, 2.75) is 46.6 Å². The van der Waals surface area contributed by atoms with Crippen molar-refractivity contribution in [3.8, 4) is 6.07 Å². The first-order valence-electron chi connectivity index (χ1n) is 12.5. The first-order chi connectivity index (χ1) is 16.6. The van der Waals surface area contributed by atoms with Crippen LogP contribution in [0.5, 0.6) is 0 Å². The summed E-state index contributed by atoms with van der Waals surface area (Å²) < 4.78 is 2.27. The molecule has 1 saturated heterocycles. The zero-order chi connectivity index (χ0) is 23.7. The predicted octanol–water partition coefficient (Wildman–Crippen LogP) is 5.64. The highest BCUT2D eigenvalue weighted by Gasteiger charge is 2.26. The SMILES string of the molecule is CCCCc1c(C)c(C#N)c2nc3ccccc3n2c1N1CCN(Cc2ccc(C)cc2)CC1. The molecule has 1 aliphatic heterocycles. The van der Waals surface area contributed by atoms with Crippen LogP contribution in [0.4, 0.5) is 5.82 Å². The number of anilines is 1. The second kappa shape index (κ2) is 9.48. The number of benzene rings is 2. The molecule has 4 aromatic rings. The molecule has 0 unspecified atom stereocenters. The van der Waals surface area contributed by atoms with Crippen LogP contribution in [0.25, 0.3) is 16.7 Å². The highest BCUT2D eigenvalue weighted by atomic mass is 15.3. The smallest absolute Gasteiger partial charge is 0.157 e. The largest absolute Gasteiger partial charge is 0.355 e. The topological polar surface area (TPSA) is 47.6 Å². The van der Waals surface area contributed by atoms with E-state index in [1.807, 2.05) is 12.1 Å². The van der Waals surface area contributed by atoms with Crippen LogP contribution in [0, 0.1) is 25.2 Å². The molecular formula is C29H33N5. The highest BCUT2D eigenvalue weighted by Crippen LogP contribution is 2.34. The van der Waals surface area contributed by atoms with Gasteiger partial charge in [-0.25, -0.2) is 4.98 Å². The second-order valence-electron chi connectivity index (χ2n) is 9.53. The minimum Gasteiger partial charge on any atom is -0.355 e. The molecule has 174 valence electrons. The van der Waals surface area contributed by atoms with Crippen LogP contribution in [0.3, 0.4) is 0 Å². The number of unbranched alkanes of at least 4 members (excludes halogenated alkanes) is 1. The molecule has 5 rings (SSSR count). The molecule has 0 aliphatic carbocycles. The zero-order valence-electron chi connectivity index (χ0n) is 20.5. The number of imidazole rings is 1. The Kier molecular flexibility index (Phi) is 6.26. The van der Waals surface area contributed by atoms with E-state index in [2.05, 4.69) is 77.4 Å². The number of aromatic nitrogens is 2. The molecule has 0 spiro atoms. The molecule has 2 aromatic heterocycles. The lowest BCUT2D eigenvalue weighted by Crippen LogP contribution is -2.47. The Morgan fingerprint density at radius 3 is 2.41 bits per heavy atom. The summed E-state index contributed by atoms with van der Waals surface area (Å²) in [6.07, 6.45) is 3.23. The van der Waals surface area contributed by atoms with Gasteiger partial charge < -0.3 is 4.90 Å². The van der Waals surface area contributed by atoms with E-state index >= 15 is 0 Å². The number of nitriles is 1. The summed E-state index contributed by atoms with van der Waals surface area (Å²) in [4.78, 5) is 9.99. The summed E-state index contributed by atoms with van der Waals surface area (Å²) in [6, 6.07) is 19.6. The molecule has 3 heterocycles. The van der Waals surface area contributed by atoms with E-state index in [-0.39, 0.29) is 0 Å². The first kappa shape index (κ1) is 22.4. The Morgan fingerprint density at radius 1 is 0.971 bits per heavy atom. The molecule has 0 saturated carbocycles. The van der Waals surface area contributed by atoms with Crippen LogP contribution in [-0.4, -0.2) is 40.5 Å². The maximum atomic E-state index is 10.1. The van der Waals surface area contributed by atoms with Crippen LogP contribution in [0.1, 0.15) is 47.6 Å². The standard InChI is InChI=1S/C29H33N5/c1-4-5-8-24-22(3)25(19-30)28-31-26-9-6-7-10-27(26)34(28)29(24)33-17-15-32(16-18-33)20-23-13-11-21(2)12-14-23/h6-7,9-14H,4-5,8,15-18,20H2,1-3H3. The molecule has 5 heteroatoms. The highest BCUT2D eigenvalue weighted by molar-refractivity contribution is 5.86. The fraction of sp³-hybridized carbons (Fsp3) is 0.379. The molecule has 0 atom stereocenters. The van der Waals surface area contributed by atoms with E-state index in [1.165, 1.54) is 22.5 Å². The number of hydrogen-bond donors (Lipinski definition) is 0. The van der Waals surface area contributed by atoms with Crippen LogP contribution in [0.2, 0.25) is 0 Å². The van der Waals surface area contributed by atoms with Gasteiger partial charge in [0.25, 0.3) is 0 Å². The van der Waals surface area contributed by atoms with Gasteiger partial charge in [-0.2, -0.15) is 5.26 Å². The van der Waals surface area contributed by atoms with E-state index in [4.69, 9.17) is 4.98 Å². The summed E-state index contributed by atoms with van der Waals surface area (Å²) >= 11 is 0.